The second-order valence-electron chi connectivity index (χ2n) is 5.16. The molecule has 9 heteroatoms. The third-order valence-electron chi connectivity index (χ3n) is 3.12. The van der Waals surface area contributed by atoms with Crippen molar-refractivity contribution in [3.05, 3.63) is 41.6 Å². The zero-order chi connectivity index (χ0) is 17.5. The van der Waals surface area contributed by atoms with Crippen LogP contribution in [-0.4, -0.2) is 34.0 Å². The van der Waals surface area contributed by atoms with Gasteiger partial charge in [0.15, 0.2) is 5.76 Å². The summed E-state index contributed by atoms with van der Waals surface area (Å²) in [6, 6.07) is 4.97. The van der Waals surface area contributed by atoms with E-state index in [1.807, 2.05) is 19.9 Å². The maximum atomic E-state index is 11.7. The van der Waals surface area contributed by atoms with Crippen LogP contribution in [0.3, 0.4) is 0 Å². The minimum Gasteiger partial charge on any atom is -0.459 e. The second-order valence-corrected chi connectivity index (χ2v) is 5.16. The monoisotopic (exact) mass is 333 g/mol. The number of nitrogens with zero attached hydrogens (tertiary/aromatic N) is 2. The van der Waals surface area contributed by atoms with Crippen molar-refractivity contribution in [3.63, 3.8) is 0 Å². The highest BCUT2D eigenvalue weighted by Gasteiger charge is 2.10. The van der Waals surface area contributed by atoms with Crippen LogP contribution in [0.1, 0.15) is 28.4 Å². The van der Waals surface area contributed by atoms with Gasteiger partial charge < -0.3 is 9.73 Å². The molecule has 0 bridgehead atoms. The van der Waals surface area contributed by atoms with Crippen LogP contribution in [0.2, 0.25) is 0 Å². The molecule has 0 atom stereocenters. The fraction of sp³-hybridized carbons (Fsp3) is 0.333. The summed E-state index contributed by atoms with van der Waals surface area (Å²) in [4.78, 5) is 34.9. The normalized spacial score (nSPS) is 10.2. The van der Waals surface area contributed by atoms with E-state index in [4.69, 9.17) is 4.42 Å². The zero-order valence-electron chi connectivity index (χ0n) is 13.5. The number of furan rings is 1. The summed E-state index contributed by atoms with van der Waals surface area (Å²) in [6.45, 7) is 3.81. The number of hydrogen-bond acceptors (Lipinski definition) is 5. The molecule has 2 aromatic heterocycles. The molecule has 0 aliphatic rings. The lowest BCUT2D eigenvalue weighted by molar-refractivity contribution is -0.129. The van der Waals surface area contributed by atoms with E-state index in [-0.39, 0.29) is 25.3 Å². The van der Waals surface area contributed by atoms with E-state index in [9.17, 15) is 14.4 Å². The summed E-state index contributed by atoms with van der Waals surface area (Å²) in [7, 11) is 0. The number of hydrazine groups is 1. The van der Waals surface area contributed by atoms with Crippen LogP contribution < -0.4 is 16.2 Å². The number of aromatic nitrogens is 2. The quantitative estimate of drug-likeness (QED) is 0.646. The van der Waals surface area contributed by atoms with Gasteiger partial charge in [-0.15, -0.1) is 0 Å². The summed E-state index contributed by atoms with van der Waals surface area (Å²) in [5.74, 6) is -1.04. The highest BCUT2D eigenvalue weighted by molar-refractivity contribution is 5.91. The molecule has 2 aromatic rings. The molecule has 0 spiro atoms. The summed E-state index contributed by atoms with van der Waals surface area (Å²) in [5, 5.41) is 6.69. The van der Waals surface area contributed by atoms with Crippen LogP contribution in [0.25, 0.3) is 0 Å². The second kappa shape index (κ2) is 7.95. The fourth-order valence-electron chi connectivity index (χ4n) is 2.00. The molecule has 3 amide bonds. The summed E-state index contributed by atoms with van der Waals surface area (Å²) in [6.07, 6.45) is 1.41. The minimum absolute atomic E-state index is 0.00911. The molecular formula is C15H19N5O4. The van der Waals surface area contributed by atoms with Crippen LogP contribution in [-0.2, 0) is 16.1 Å². The smallest absolute Gasteiger partial charge is 0.286 e. The lowest BCUT2D eigenvalue weighted by Gasteiger charge is -2.08. The standard InChI is InChI=1S/C15H19N5O4/c1-10-8-11(2)20(19-10)9-14(22)18-17-13(21)5-6-16-15(23)12-4-3-7-24-12/h3-4,7-8H,5-6,9H2,1-2H3,(H,16,23)(H,17,21)(H,18,22). The van der Waals surface area contributed by atoms with Gasteiger partial charge in [-0.3, -0.25) is 29.9 Å². The van der Waals surface area contributed by atoms with E-state index in [2.05, 4.69) is 21.3 Å². The Morgan fingerprint density at radius 2 is 1.96 bits per heavy atom. The molecule has 128 valence electrons. The van der Waals surface area contributed by atoms with Gasteiger partial charge in [0, 0.05) is 18.7 Å². The summed E-state index contributed by atoms with van der Waals surface area (Å²) < 4.78 is 6.46. The first-order chi connectivity index (χ1) is 11.5. The van der Waals surface area contributed by atoms with Crippen molar-refractivity contribution in [2.45, 2.75) is 26.8 Å². The van der Waals surface area contributed by atoms with Crippen molar-refractivity contribution >= 4 is 17.7 Å². The van der Waals surface area contributed by atoms with Crippen molar-refractivity contribution < 1.29 is 18.8 Å². The van der Waals surface area contributed by atoms with E-state index in [1.165, 1.54) is 12.3 Å². The van der Waals surface area contributed by atoms with Crippen LogP contribution in [0.5, 0.6) is 0 Å². The van der Waals surface area contributed by atoms with Crippen LogP contribution in [0.4, 0.5) is 0 Å². The van der Waals surface area contributed by atoms with Gasteiger partial charge in [-0.1, -0.05) is 0 Å². The van der Waals surface area contributed by atoms with Crippen LogP contribution >= 0.6 is 0 Å². The predicted octanol–water partition coefficient (Wildman–Crippen LogP) is 0.0604. The lowest BCUT2D eigenvalue weighted by Crippen LogP contribution is -2.44. The van der Waals surface area contributed by atoms with Crippen molar-refractivity contribution in [1.29, 1.82) is 0 Å². The van der Waals surface area contributed by atoms with E-state index in [0.29, 0.717) is 0 Å². The third kappa shape index (κ3) is 4.97. The molecule has 0 saturated heterocycles. The minimum atomic E-state index is -0.420. The molecule has 0 aromatic carbocycles. The van der Waals surface area contributed by atoms with Crippen LogP contribution in [0.15, 0.2) is 28.9 Å². The molecule has 2 rings (SSSR count). The number of rotatable bonds is 6. The Hall–Kier alpha value is -3.10. The molecule has 0 aliphatic carbocycles. The number of nitrogens with one attached hydrogen (secondary N) is 3. The van der Waals surface area contributed by atoms with Gasteiger partial charge in [-0.05, 0) is 32.0 Å². The number of carbonyl (C=O) groups excluding carboxylic acids is 3. The molecule has 0 aliphatic heterocycles. The first kappa shape index (κ1) is 17.3. The Kier molecular flexibility index (Phi) is 5.72. The molecule has 9 nitrogen and oxygen atoms in total. The zero-order valence-corrected chi connectivity index (χ0v) is 13.5. The maximum Gasteiger partial charge on any atom is 0.286 e. The van der Waals surface area contributed by atoms with E-state index in [0.717, 1.165) is 11.4 Å². The van der Waals surface area contributed by atoms with Gasteiger partial charge in [0.1, 0.15) is 6.54 Å². The van der Waals surface area contributed by atoms with Crippen molar-refractivity contribution in [3.8, 4) is 0 Å². The number of carbonyl (C=O) groups is 3. The Morgan fingerprint density at radius 3 is 2.58 bits per heavy atom. The highest BCUT2D eigenvalue weighted by atomic mass is 16.3. The number of hydrogen-bond donors (Lipinski definition) is 3. The molecule has 3 N–H and O–H groups in total. The molecule has 0 unspecified atom stereocenters. The van der Waals surface area contributed by atoms with Gasteiger partial charge in [0.25, 0.3) is 11.8 Å². The summed E-state index contributed by atoms with van der Waals surface area (Å²) >= 11 is 0. The first-order valence-electron chi connectivity index (χ1n) is 7.36. The number of aryl methyl sites for hydroxylation is 2. The first-order valence-corrected chi connectivity index (χ1v) is 7.36. The number of amides is 3. The topological polar surface area (TPSA) is 118 Å². The molecular weight excluding hydrogens is 314 g/mol. The fourth-order valence-corrected chi connectivity index (χ4v) is 2.00. The van der Waals surface area contributed by atoms with Crippen molar-refractivity contribution in [1.82, 2.24) is 25.9 Å². The summed E-state index contributed by atoms with van der Waals surface area (Å²) in [5.41, 5.74) is 6.26. The average Bonchev–Trinajstić information content (AvgIpc) is 3.15. The SMILES string of the molecule is Cc1cc(C)n(CC(=O)NNC(=O)CCNC(=O)c2ccco2)n1. The maximum absolute atomic E-state index is 11.7. The molecule has 0 saturated carbocycles. The predicted molar refractivity (Wildman–Crippen MR) is 83.6 cm³/mol. The van der Waals surface area contributed by atoms with Crippen molar-refractivity contribution in [2.24, 2.45) is 0 Å². The highest BCUT2D eigenvalue weighted by Crippen LogP contribution is 2.01. The Labute approximate surface area is 138 Å². The Morgan fingerprint density at radius 1 is 1.21 bits per heavy atom. The van der Waals surface area contributed by atoms with Crippen molar-refractivity contribution in [2.75, 3.05) is 6.54 Å². The average molecular weight is 333 g/mol. The van der Waals surface area contributed by atoms with Gasteiger partial charge in [-0.25, -0.2) is 0 Å². The Bertz CT molecular complexity index is 720. The largest absolute Gasteiger partial charge is 0.459 e. The van der Waals surface area contributed by atoms with Gasteiger partial charge in [-0.2, -0.15) is 5.10 Å². The van der Waals surface area contributed by atoms with E-state index >= 15 is 0 Å². The van der Waals surface area contributed by atoms with Gasteiger partial charge >= 0.3 is 0 Å². The molecule has 2 heterocycles. The molecule has 0 fully saturated rings. The van der Waals surface area contributed by atoms with E-state index < -0.39 is 17.7 Å². The molecule has 0 radical (unpaired) electrons. The third-order valence-corrected chi connectivity index (χ3v) is 3.12. The Balaban J connectivity index is 1.65. The van der Waals surface area contributed by atoms with Gasteiger partial charge in [0.2, 0.25) is 5.91 Å². The molecule has 24 heavy (non-hydrogen) atoms. The van der Waals surface area contributed by atoms with Crippen LogP contribution in [0, 0.1) is 13.8 Å². The van der Waals surface area contributed by atoms with E-state index in [1.54, 1.807) is 10.7 Å². The lowest BCUT2D eigenvalue weighted by atomic mass is 10.3. The van der Waals surface area contributed by atoms with Gasteiger partial charge in [0.05, 0.1) is 12.0 Å².